The first-order valence-electron chi connectivity index (χ1n) is 5.08. The zero-order valence-electron chi connectivity index (χ0n) is 8.63. The maximum atomic E-state index is 11.9. The summed E-state index contributed by atoms with van der Waals surface area (Å²) in [6, 6.07) is 2.25. The standard InChI is InChI=1S/C11H7NO5/c13-7-2-1-6-8(9(7)14)11(16)12(10(6)15)3-5-4-17-5/h1-2,5H,3-4H2. The van der Waals surface area contributed by atoms with E-state index in [4.69, 9.17) is 4.74 Å². The van der Waals surface area contributed by atoms with E-state index in [1.54, 1.807) is 0 Å². The molecule has 3 rings (SSSR count). The summed E-state index contributed by atoms with van der Waals surface area (Å²) < 4.78 is 5.90. The molecular weight excluding hydrogens is 226 g/mol. The lowest BCUT2D eigenvalue weighted by Crippen LogP contribution is -2.31. The Bertz CT molecular complexity index is 851. The van der Waals surface area contributed by atoms with Crippen molar-refractivity contribution in [1.29, 1.82) is 0 Å². The maximum absolute atomic E-state index is 11.9. The van der Waals surface area contributed by atoms with E-state index in [0.717, 1.165) is 10.6 Å². The Labute approximate surface area is 93.0 Å². The van der Waals surface area contributed by atoms with Gasteiger partial charge in [-0.15, -0.1) is 0 Å². The van der Waals surface area contributed by atoms with Gasteiger partial charge >= 0.3 is 0 Å². The van der Waals surface area contributed by atoms with Crippen LogP contribution in [0.5, 0.6) is 0 Å². The quantitative estimate of drug-likeness (QED) is 0.439. The van der Waals surface area contributed by atoms with Crippen LogP contribution in [0.4, 0.5) is 0 Å². The molecule has 1 fully saturated rings. The molecule has 2 heterocycles. The van der Waals surface area contributed by atoms with Gasteiger partial charge in [0.2, 0.25) is 10.9 Å². The molecule has 1 aliphatic carbocycles. The molecule has 0 N–H and O–H groups in total. The van der Waals surface area contributed by atoms with Crippen LogP contribution in [0.2, 0.25) is 0 Å². The summed E-state index contributed by atoms with van der Waals surface area (Å²) in [7, 11) is 0. The number of epoxide rings is 1. The van der Waals surface area contributed by atoms with Crippen molar-refractivity contribution in [2.45, 2.75) is 12.6 Å². The third-order valence-electron chi connectivity index (χ3n) is 2.84. The summed E-state index contributed by atoms with van der Waals surface area (Å²) >= 11 is 0. The number of ether oxygens (including phenoxy) is 1. The van der Waals surface area contributed by atoms with E-state index >= 15 is 0 Å². The summed E-state index contributed by atoms with van der Waals surface area (Å²) in [5.41, 5.74) is -2.89. The molecule has 0 aromatic carbocycles. The molecular formula is C11H7NO5. The van der Waals surface area contributed by atoms with Crippen molar-refractivity contribution in [1.82, 2.24) is 4.57 Å². The fourth-order valence-corrected chi connectivity index (χ4v) is 1.87. The highest BCUT2D eigenvalue weighted by Gasteiger charge is 2.25. The Hall–Kier alpha value is -2.08. The smallest absolute Gasteiger partial charge is 0.265 e. The van der Waals surface area contributed by atoms with Gasteiger partial charge < -0.3 is 4.74 Å². The molecule has 0 radical (unpaired) electrons. The lowest BCUT2D eigenvalue weighted by atomic mass is 10.2. The number of nitrogens with zero attached hydrogens (tertiary/aromatic N) is 1. The summed E-state index contributed by atoms with van der Waals surface area (Å²) in [4.78, 5) is 46.4. The largest absolute Gasteiger partial charge is 0.371 e. The van der Waals surface area contributed by atoms with Gasteiger partial charge in [0.25, 0.3) is 11.1 Å². The Kier molecular flexibility index (Phi) is 1.90. The van der Waals surface area contributed by atoms with Crippen molar-refractivity contribution in [2.75, 3.05) is 6.61 Å². The Balaban J connectivity index is 2.46. The predicted octanol–water partition coefficient (Wildman–Crippen LogP) is -2.07. The summed E-state index contributed by atoms with van der Waals surface area (Å²) in [5, 5.41) is -0.289. The molecule has 1 atom stereocenters. The number of rotatable bonds is 2. The lowest BCUT2D eigenvalue weighted by molar-refractivity contribution is 0.379. The van der Waals surface area contributed by atoms with E-state index in [0.29, 0.717) is 6.61 Å². The first kappa shape index (κ1) is 10.1. The van der Waals surface area contributed by atoms with E-state index in [1.165, 1.54) is 6.07 Å². The molecule has 1 saturated heterocycles. The highest BCUT2D eigenvalue weighted by atomic mass is 16.6. The number of hydrogen-bond acceptors (Lipinski definition) is 5. The molecule has 0 bridgehead atoms. The summed E-state index contributed by atoms with van der Waals surface area (Å²) in [6.07, 6.45) is -0.140. The molecule has 6 nitrogen and oxygen atoms in total. The van der Waals surface area contributed by atoms with Gasteiger partial charge in [-0.25, -0.2) is 0 Å². The molecule has 3 aliphatic rings. The van der Waals surface area contributed by atoms with E-state index in [-0.39, 0.29) is 23.1 Å². The van der Waals surface area contributed by atoms with Crippen molar-refractivity contribution < 1.29 is 4.74 Å². The van der Waals surface area contributed by atoms with Crippen LogP contribution in [-0.4, -0.2) is 17.3 Å². The zero-order valence-corrected chi connectivity index (χ0v) is 8.63. The van der Waals surface area contributed by atoms with Crippen molar-refractivity contribution in [3.63, 3.8) is 0 Å². The first-order chi connectivity index (χ1) is 8.09. The molecule has 86 valence electrons. The van der Waals surface area contributed by atoms with Crippen LogP contribution in [0.15, 0.2) is 31.3 Å². The normalized spacial score (nSPS) is 18.7. The van der Waals surface area contributed by atoms with Gasteiger partial charge in [0.1, 0.15) is 5.22 Å². The first-order valence-corrected chi connectivity index (χ1v) is 5.08. The second kappa shape index (κ2) is 3.21. The van der Waals surface area contributed by atoms with Gasteiger partial charge in [0.15, 0.2) is 0 Å². The Morgan fingerprint density at radius 2 is 1.88 bits per heavy atom. The summed E-state index contributed by atoms with van der Waals surface area (Å²) in [5.74, 6) is 0. The molecule has 2 aliphatic heterocycles. The summed E-state index contributed by atoms with van der Waals surface area (Å²) in [6.45, 7) is 0.643. The third kappa shape index (κ3) is 1.38. The monoisotopic (exact) mass is 233 g/mol. The number of hydrogen-bond donors (Lipinski definition) is 0. The van der Waals surface area contributed by atoms with E-state index in [2.05, 4.69) is 0 Å². The SMILES string of the molecule is O=c1ccc2c(=O)n(CC3CO3)c(=O)c=2c1=O. The van der Waals surface area contributed by atoms with Crippen molar-refractivity contribution in [3.05, 3.63) is 63.7 Å². The van der Waals surface area contributed by atoms with Crippen molar-refractivity contribution >= 4 is 0 Å². The molecule has 1 unspecified atom stereocenters. The average molecular weight is 233 g/mol. The van der Waals surface area contributed by atoms with Gasteiger partial charge in [-0.1, -0.05) is 0 Å². The maximum Gasteiger partial charge on any atom is 0.265 e. The molecule has 6 heteroatoms. The van der Waals surface area contributed by atoms with Crippen LogP contribution >= 0.6 is 0 Å². The molecule has 0 saturated carbocycles. The predicted molar refractivity (Wildman–Crippen MR) is 56.9 cm³/mol. The molecule has 0 aromatic rings. The van der Waals surface area contributed by atoms with E-state index < -0.39 is 22.0 Å². The van der Waals surface area contributed by atoms with Gasteiger partial charge in [-0.2, -0.15) is 0 Å². The minimum Gasteiger partial charge on any atom is -0.371 e. The molecule has 0 amide bonds. The van der Waals surface area contributed by atoms with Crippen LogP contribution in [0, 0.1) is 10.4 Å². The Morgan fingerprint density at radius 1 is 1.18 bits per heavy atom. The lowest BCUT2D eigenvalue weighted by Gasteiger charge is -1.93. The minimum atomic E-state index is -0.903. The molecule has 0 spiro atoms. The highest BCUT2D eigenvalue weighted by Crippen LogP contribution is 2.09. The number of aromatic nitrogens is 1. The minimum absolute atomic E-state index is 0.0141. The van der Waals surface area contributed by atoms with Gasteiger partial charge in [-0.3, -0.25) is 23.7 Å². The van der Waals surface area contributed by atoms with Crippen molar-refractivity contribution in [3.8, 4) is 0 Å². The highest BCUT2D eigenvalue weighted by molar-refractivity contribution is 5.14. The third-order valence-corrected chi connectivity index (χ3v) is 2.84. The van der Waals surface area contributed by atoms with E-state index in [9.17, 15) is 19.2 Å². The fourth-order valence-electron chi connectivity index (χ4n) is 1.87. The Morgan fingerprint density at radius 3 is 2.53 bits per heavy atom. The second-order valence-corrected chi connectivity index (χ2v) is 3.99. The van der Waals surface area contributed by atoms with Crippen molar-refractivity contribution in [2.24, 2.45) is 0 Å². The fraction of sp³-hybridized carbons (Fsp3) is 0.273. The second-order valence-electron chi connectivity index (χ2n) is 3.99. The van der Waals surface area contributed by atoms with Gasteiger partial charge in [0.05, 0.1) is 24.5 Å². The van der Waals surface area contributed by atoms with Crippen LogP contribution in [0.25, 0.3) is 0 Å². The van der Waals surface area contributed by atoms with Crippen LogP contribution in [-0.2, 0) is 11.3 Å². The molecule has 17 heavy (non-hydrogen) atoms. The van der Waals surface area contributed by atoms with Crippen LogP contribution in [0.3, 0.4) is 0 Å². The molecule has 0 aromatic heterocycles. The van der Waals surface area contributed by atoms with Crippen LogP contribution in [0.1, 0.15) is 0 Å². The van der Waals surface area contributed by atoms with Gasteiger partial charge in [0, 0.05) is 0 Å². The van der Waals surface area contributed by atoms with Gasteiger partial charge in [-0.05, 0) is 12.1 Å². The van der Waals surface area contributed by atoms with E-state index in [1.807, 2.05) is 0 Å². The zero-order chi connectivity index (χ0) is 12.2. The van der Waals surface area contributed by atoms with Crippen LogP contribution < -0.4 is 22.0 Å². The average Bonchev–Trinajstić information content (AvgIpc) is 3.07. The topological polar surface area (TPSA) is 85.7 Å².